The van der Waals surface area contributed by atoms with Crippen LogP contribution in [-0.2, 0) is 7.05 Å². The van der Waals surface area contributed by atoms with Crippen molar-refractivity contribution in [2.75, 3.05) is 0 Å². The minimum atomic E-state index is 0.229. The van der Waals surface area contributed by atoms with Crippen LogP contribution in [0, 0.1) is 0 Å². The molecule has 0 fully saturated rings. The molecule has 0 unspecified atom stereocenters. The maximum Gasteiger partial charge on any atom is 0.151 e. The highest BCUT2D eigenvalue weighted by Crippen LogP contribution is 2.37. The summed E-state index contributed by atoms with van der Waals surface area (Å²) in [6.45, 7) is 0. The Morgan fingerprint density at radius 1 is 1.36 bits per heavy atom. The second kappa shape index (κ2) is 1.92. The minimum Gasteiger partial charge on any atom is -0.505 e. The van der Waals surface area contributed by atoms with E-state index in [1.165, 1.54) is 11.3 Å². The van der Waals surface area contributed by atoms with Crippen molar-refractivity contribution in [2.24, 2.45) is 7.05 Å². The molecule has 0 bridgehead atoms. The molecule has 0 radical (unpaired) electrons. The SMILES string of the molecule is Cn1cc(O)c2scc(O)c21. The Morgan fingerprint density at radius 2 is 2.09 bits per heavy atom. The van der Waals surface area contributed by atoms with E-state index in [1.807, 2.05) is 0 Å². The highest BCUT2D eigenvalue weighted by molar-refractivity contribution is 7.18. The fourth-order valence-corrected chi connectivity index (χ4v) is 2.05. The molecule has 0 saturated heterocycles. The van der Waals surface area contributed by atoms with Gasteiger partial charge in [0.1, 0.15) is 5.52 Å². The third-order valence-electron chi connectivity index (χ3n) is 1.65. The zero-order chi connectivity index (χ0) is 8.01. The van der Waals surface area contributed by atoms with E-state index in [9.17, 15) is 10.2 Å². The lowest BCUT2D eigenvalue weighted by Gasteiger charge is -1.89. The normalized spacial score (nSPS) is 11.0. The molecule has 0 aliphatic heterocycles. The maximum absolute atomic E-state index is 9.28. The van der Waals surface area contributed by atoms with Crippen LogP contribution in [0.2, 0.25) is 0 Å². The van der Waals surface area contributed by atoms with Crippen molar-refractivity contribution in [3.8, 4) is 11.5 Å². The van der Waals surface area contributed by atoms with Gasteiger partial charge in [0.2, 0.25) is 0 Å². The van der Waals surface area contributed by atoms with E-state index >= 15 is 0 Å². The van der Waals surface area contributed by atoms with Gasteiger partial charge in [-0.15, -0.1) is 11.3 Å². The summed E-state index contributed by atoms with van der Waals surface area (Å²) in [5.41, 5.74) is 0.701. The third kappa shape index (κ3) is 0.728. The number of thiophene rings is 1. The van der Waals surface area contributed by atoms with Gasteiger partial charge in [0.05, 0.1) is 4.70 Å². The monoisotopic (exact) mass is 169 g/mol. The summed E-state index contributed by atoms with van der Waals surface area (Å²) < 4.78 is 2.45. The molecule has 2 N–H and O–H groups in total. The van der Waals surface area contributed by atoms with Crippen LogP contribution in [0.4, 0.5) is 0 Å². The van der Waals surface area contributed by atoms with Gasteiger partial charge in [0, 0.05) is 18.6 Å². The Balaban J connectivity index is 2.98. The predicted octanol–water partition coefficient (Wildman–Crippen LogP) is 1.65. The molecular weight excluding hydrogens is 162 g/mol. The van der Waals surface area contributed by atoms with Crippen molar-refractivity contribution in [2.45, 2.75) is 0 Å². The molecule has 2 heterocycles. The molecule has 58 valence electrons. The number of aromatic nitrogens is 1. The van der Waals surface area contributed by atoms with Crippen LogP contribution in [0.1, 0.15) is 0 Å². The molecule has 2 aromatic rings. The Hall–Kier alpha value is -1.16. The summed E-state index contributed by atoms with van der Waals surface area (Å²) in [6.07, 6.45) is 1.58. The van der Waals surface area contributed by atoms with Crippen LogP contribution in [-0.4, -0.2) is 14.8 Å². The number of rotatable bonds is 0. The number of hydrogen-bond donors (Lipinski definition) is 2. The number of hydrogen-bond acceptors (Lipinski definition) is 3. The molecule has 3 nitrogen and oxygen atoms in total. The van der Waals surface area contributed by atoms with E-state index in [2.05, 4.69) is 0 Å². The van der Waals surface area contributed by atoms with E-state index in [1.54, 1.807) is 23.2 Å². The predicted molar refractivity (Wildman–Crippen MR) is 44.1 cm³/mol. The zero-order valence-corrected chi connectivity index (χ0v) is 6.72. The standard InChI is InChI=1S/C7H7NO2S/c1-8-2-4(9)7-6(8)5(10)3-11-7/h2-3,9-10H,1H3. The van der Waals surface area contributed by atoms with Gasteiger partial charge in [-0.05, 0) is 0 Å². The molecule has 0 spiro atoms. The molecule has 2 aromatic heterocycles. The lowest BCUT2D eigenvalue weighted by molar-refractivity contribution is 0.480. The molecule has 0 amide bonds. The quantitative estimate of drug-likeness (QED) is 0.629. The average molecular weight is 169 g/mol. The van der Waals surface area contributed by atoms with Gasteiger partial charge in [-0.3, -0.25) is 0 Å². The molecule has 11 heavy (non-hydrogen) atoms. The molecule has 0 saturated carbocycles. The van der Waals surface area contributed by atoms with Crippen molar-refractivity contribution in [1.82, 2.24) is 4.57 Å². The minimum absolute atomic E-state index is 0.229. The van der Waals surface area contributed by atoms with Crippen molar-refractivity contribution in [3.05, 3.63) is 11.6 Å². The topological polar surface area (TPSA) is 45.4 Å². The Morgan fingerprint density at radius 3 is 2.73 bits per heavy atom. The number of nitrogens with zero attached hydrogens (tertiary/aromatic N) is 1. The Labute approximate surface area is 67.1 Å². The maximum atomic E-state index is 9.28. The largest absolute Gasteiger partial charge is 0.505 e. The van der Waals surface area contributed by atoms with Gasteiger partial charge in [0.15, 0.2) is 11.5 Å². The lowest BCUT2D eigenvalue weighted by atomic mass is 10.4. The van der Waals surface area contributed by atoms with Gasteiger partial charge in [0.25, 0.3) is 0 Å². The van der Waals surface area contributed by atoms with Crippen LogP contribution < -0.4 is 0 Å². The average Bonchev–Trinajstić information content (AvgIpc) is 2.41. The Bertz CT molecular complexity index is 402. The molecule has 2 rings (SSSR count). The number of fused-ring (bicyclic) bond motifs is 1. The summed E-state index contributed by atoms with van der Waals surface area (Å²) in [6, 6.07) is 0. The van der Waals surface area contributed by atoms with Gasteiger partial charge in [-0.25, -0.2) is 0 Å². The van der Waals surface area contributed by atoms with Crippen LogP contribution in [0.5, 0.6) is 11.5 Å². The molecule has 0 aromatic carbocycles. The van der Waals surface area contributed by atoms with Crippen LogP contribution in [0.15, 0.2) is 11.6 Å². The molecule has 0 atom stereocenters. The fraction of sp³-hybridized carbons (Fsp3) is 0.143. The van der Waals surface area contributed by atoms with Gasteiger partial charge in [-0.2, -0.15) is 0 Å². The van der Waals surface area contributed by atoms with Crippen molar-refractivity contribution >= 4 is 21.6 Å². The summed E-state index contributed by atoms with van der Waals surface area (Å²) in [5.74, 6) is 0.459. The van der Waals surface area contributed by atoms with Gasteiger partial charge < -0.3 is 14.8 Å². The van der Waals surface area contributed by atoms with E-state index in [0.29, 0.717) is 5.52 Å². The summed E-state index contributed by atoms with van der Waals surface area (Å²) in [7, 11) is 1.79. The molecular formula is C7H7NO2S. The van der Waals surface area contributed by atoms with Gasteiger partial charge >= 0.3 is 0 Å². The second-order valence-electron chi connectivity index (χ2n) is 2.42. The first kappa shape index (κ1) is 6.54. The smallest absolute Gasteiger partial charge is 0.151 e. The van der Waals surface area contributed by atoms with Crippen LogP contribution in [0.3, 0.4) is 0 Å². The summed E-state index contributed by atoms with van der Waals surface area (Å²) in [4.78, 5) is 0. The van der Waals surface area contributed by atoms with Crippen molar-refractivity contribution < 1.29 is 10.2 Å². The van der Waals surface area contributed by atoms with E-state index in [4.69, 9.17) is 0 Å². The first-order valence-electron chi connectivity index (χ1n) is 3.14. The Kier molecular flexibility index (Phi) is 1.14. The first-order chi connectivity index (χ1) is 5.20. The molecule has 0 aliphatic rings. The van der Waals surface area contributed by atoms with Crippen LogP contribution >= 0.6 is 11.3 Å². The summed E-state index contributed by atoms with van der Waals surface area (Å²) in [5, 5.41) is 20.2. The third-order valence-corrected chi connectivity index (χ3v) is 2.63. The highest BCUT2D eigenvalue weighted by atomic mass is 32.1. The lowest BCUT2D eigenvalue weighted by Crippen LogP contribution is -1.80. The van der Waals surface area contributed by atoms with Crippen molar-refractivity contribution in [1.29, 1.82) is 0 Å². The zero-order valence-electron chi connectivity index (χ0n) is 5.90. The molecule has 0 aliphatic carbocycles. The van der Waals surface area contributed by atoms with E-state index in [0.717, 1.165) is 4.70 Å². The van der Waals surface area contributed by atoms with E-state index in [-0.39, 0.29) is 11.5 Å². The first-order valence-corrected chi connectivity index (χ1v) is 4.02. The van der Waals surface area contributed by atoms with E-state index < -0.39 is 0 Å². The summed E-state index contributed by atoms with van der Waals surface area (Å²) >= 11 is 1.34. The fourth-order valence-electron chi connectivity index (χ4n) is 1.17. The highest BCUT2D eigenvalue weighted by Gasteiger charge is 2.10. The van der Waals surface area contributed by atoms with Gasteiger partial charge in [-0.1, -0.05) is 0 Å². The number of aryl methyl sites for hydroxylation is 1. The van der Waals surface area contributed by atoms with Crippen molar-refractivity contribution in [3.63, 3.8) is 0 Å². The van der Waals surface area contributed by atoms with Crippen LogP contribution in [0.25, 0.3) is 10.2 Å². The number of aromatic hydroxyl groups is 2. The molecule has 4 heteroatoms. The second-order valence-corrected chi connectivity index (χ2v) is 3.30.